The first-order valence-electron chi connectivity index (χ1n) is 10.2. The van der Waals surface area contributed by atoms with Crippen molar-refractivity contribution in [1.82, 2.24) is 24.5 Å². The molecule has 0 radical (unpaired) electrons. The van der Waals surface area contributed by atoms with Gasteiger partial charge in [-0.15, -0.1) is 0 Å². The number of pyridine rings is 2. The summed E-state index contributed by atoms with van der Waals surface area (Å²) in [4.78, 5) is 25.7. The van der Waals surface area contributed by atoms with E-state index in [0.29, 0.717) is 43.2 Å². The maximum Gasteiger partial charge on any atom is 0.248 e. The van der Waals surface area contributed by atoms with Crippen LogP contribution in [0, 0.1) is 0 Å². The van der Waals surface area contributed by atoms with Crippen LogP contribution in [0.25, 0.3) is 5.65 Å². The van der Waals surface area contributed by atoms with Gasteiger partial charge >= 0.3 is 0 Å². The second-order valence-corrected chi connectivity index (χ2v) is 8.23. The Kier molecular flexibility index (Phi) is 5.26. The number of aromatic nitrogens is 4. The number of piperazine rings is 1. The Morgan fingerprint density at radius 2 is 2.00 bits per heavy atom. The van der Waals surface area contributed by atoms with E-state index >= 15 is 0 Å². The smallest absolute Gasteiger partial charge is 0.248 e. The van der Waals surface area contributed by atoms with Crippen molar-refractivity contribution in [1.29, 1.82) is 0 Å². The molecule has 3 aromatic heterocycles. The molecule has 5 rings (SSSR count). The number of carbonyl (C=O) groups excluding carboxylic acids is 1. The van der Waals surface area contributed by atoms with E-state index in [9.17, 15) is 4.79 Å². The number of carbonyl (C=O) groups is 1. The van der Waals surface area contributed by atoms with Gasteiger partial charge < -0.3 is 14.5 Å². The van der Waals surface area contributed by atoms with Gasteiger partial charge in [0.1, 0.15) is 18.8 Å². The standard InChI is InChI=1S/C21H23ClN6O2/c22-16-3-6-19(23-10-16)28-17-4-5-18(28)12-26(11-17)20(29)13-30-9-7-15-2-1-8-27-21(15)24-14-25-27/h1-3,6,8,10,14,17-18H,4-5,7,9,11-13H2. The highest BCUT2D eigenvalue weighted by molar-refractivity contribution is 6.30. The number of likely N-dealkylation sites (tertiary alicyclic amines) is 1. The van der Waals surface area contributed by atoms with Gasteiger partial charge in [0.15, 0.2) is 5.65 Å². The largest absolute Gasteiger partial charge is 0.371 e. The first-order chi connectivity index (χ1) is 14.7. The molecule has 0 aliphatic carbocycles. The number of nitrogens with zero attached hydrogens (tertiary/aromatic N) is 6. The molecule has 2 unspecified atom stereocenters. The van der Waals surface area contributed by atoms with E-state index in [2.05, 4.69) is 20.0 Å². The summed E-state index contributed by atoms with van der Waals surface area (Å²) in [5, 5.41) is 4.77. The van der Waals surface area contributed by atoms with Crippen LogP contribution >= 0.6 is 11.6 Å². The number of halogens is 1. The monoisotopic (exact) mass is 426 g/mol. The third-order valence-corrected chi connectivity index (χ3v) is 6.16. The van der Waals surface area contributed by atoms with Crippen LogP contribution in [0.4, 0.5) is 5.82 Å². The molecule has 2 saturated heterocycles. The highest BCUT2D eigenvalue weighted by Crippen LogP contribution is 2.34. The Morgan fingerprint density at radius 3 is 2.77 bits per heavy atom. The van der Waals surface area contributed by atoms with Crippen LogP contribution in [0.5, 0.6) is 0 Å². The number of ether oxygens (including phenoxy) is 1. The fourth-order valence-electron chi connectivity index (χ4n) is 4.53. The molecule has 5 heterocycles. The number of amides is 1. The topological polar surface area (TPSA) is 75.9 Å². The first-order valence-corrected chi connectivity index (χ1v) is 10.6. The van der Waals surface area contributed by atoms with Crippen LogP contribution in [0.2, 0.25) is 5.02 Å². The summed E-state index contributed by atoms with van der Waals surface area (Å²) in [6.45, 7) is 2.00. The van der Waals surface area contributed by atoms with Crippen molar-refractivity contribution in [2.45, 2.75) is 31.3 Å². The molecular weight excluding hydrogens is 404 g/mol. The van der Waals surface area contributed by atoms with Gasteiger partial charge in [0.2, 0.25) is 5.91 Å². The molecule has 0 aromatic carbocycles. The quantitative estimate of drug-likeness (QED) is 0.562. The first kappa shape index (κ1) is 19.3. The summed E-state index contributed by atoms with van der Waals surface area (Å²) < 4.78 is 7.45. The molecule has 2 aliphatic heterocycles. The molecule has 2 atom stereocenters. The summed E-state index contributed by atoms with van der Waals surface area (Å²) in [6.07, 6.45) is 7.92. The zero-order valence-electron chi connectivity index (χ0n) is 16.5. The molecule has 0 saturated carbocycles. The van der Waals surface area contributed by atoms with Crippen molar-refractivity contribution in [3.63, 3.8) is 0 Å². The van der Waals surface area contributed by atoms with Crippen LogP contribution in [0.3, 0.4) is 0 Å². The lowest BCUT2D eigenvalue weighted by molar-refractivity contribution is -0.137. The SMILES string of the molecule is O=C(COCCc1cccn2ncnc12)N1CC2CCC(C1)N2c1ccc(Cl)cn1. The molecule has 2 fully saturated rings. The van der Waals surface area contributed by atoms with E-state index in [0.717, 1.165) is 29.9 Å². The number of fused-ring (bicyclic) bond motifs is 3. The van der Waals surface area contributed by atoms with Gasteiger partial charge in [-0.25, -0.2) is 14.5 Å². The van der Waals surface area contributed by atoms with E-state index in [1.807, 2.05) is 35.4 Å². The maximum atomic E-state index is 12.7. The van der Waals surface area contributed by atoms with E-state index in [1.165, 1.54) is 6.33 Å². The van der Waals surface area contributed by atoms with Crippen LogP contribution in [-0.4, -0.2) is 68.8 Å². The van der Waals surface area contributed by atoms with E-state index in [4.69, 9.17) is 16.3 Å². The van der Waals surface area contributed by atoms with Gasteiger partial charge in [0, 0.05) is 37.6 Å². The fraction of sp³-hybridized carbons (Fsp3) is 0.429. The normalized spacial score (nSPS) is 20.8. The van der Waals surface area contributed by atoms with Crippen molar-refractivity contribution < 1.29 is 9.53 Å². The predicted octanol–water partition coefficient (Wildman–Crippen LogP) is 2.22. The van der Waals surface area contributed by atoms with E-state index in [1.54, 1.807) is 10.7 Å². The maximum absolute atomic E-state index is 12.7. The fourth-order valence-corrected chi connectivity index (χ4v) is 4.65. The Labute approximate surface area is 179 Å². The number of rotatable bonds is 6. The predicted molar refractivity (Wildman–Crippen MR) is 113 cm³/mol. The minimum Gasteiger partial charge on any atom is -0.371 e. The van der Waals surface area contributed by atoms with Crippen molar-refractivity contribution >= 4 is 29.0 Å². The van der Waals surface area contributed by atoms with Crippen molar-refractivity contribution in [2.24, 2.45) is 0 Å². The third-order valence-electron chi connectivity index (χ3n) is 5.94. The Hall–Kier alpha value is -2.71. The molecule has 30 heavy (non-hydrogen) atoms. The van der Waals surface area contributed by atoms with Crippen LogP contribution in [0.15, 0.2) is 43.0 Å². The summed E-state index contributed by atoms with van der Waals surface area (Å²) in [5.74, 6) is 0.995. The average molecular weight is 427 g/mol. The molecule has 0 spiro atoms. The zero-order valence-corrected chi connectivity index (χ0v) is 17.3. The van der Waals surface area contributed by atoms with E-state index < -0.39 is 0 Å². The lowest BCUT2D eigenvalue weighted by atomic mass is 10.2. The number of hydrogen-bond donors (Lipinski definition) is 0. The van der Waals surface area contributed by atoms with Gasteiger partial charge in [0.25, 0.3) is 0 Å². The van der Waals surface area contributed by atoms with Crippen LogP contribution < -0.4 is 4.90 Å². The van der Waals surface area contributed by atoms with Crippen molar-refractivity contribution in [3.8, 4) is 0 Å². The molecular formula is C21H23ClN6O2. The van der Waals surface area contributed by atoms with Gasteiger partial charge in [-0.3, -0.25) is 4.79 Å². The van der Waals surface area contributed by atoms with Gasteiger partial charge in [-0.2, -0.15) is 5.10 Å². The lowest BCUT2D eigenvalue weighted by Gasteiger charge is -2.41. The molecule has 2 aliphatic rings. The van der Waals surface area contributed by atoms with E-state index in [-0.39, 0.29) is 12.5 Å². The van der Waals surface area contributed by atoms with Crippen LogP contribution in [-0.2, 0) is 16.0 Å². The summed E-state index contributed by atoms with van der Waals surface area (Å²) >= 11 is 5.97. The highest BCUT2D eigenvalue weighted by Gasteiger charge is 2.41. The third kappa shape index (κ3) is 3.73. The summed E-state index contributed by atoms with van der Waals surface area (Å²) in [6, 6.07) is 8.38. The molecule has 2 bridgehead atoms. The second-order valence-electron chi connectivity index (χ2n) is 7.79. The summed E-state index contributed by atoms with van der Waals surface area (Å²) in [7, 11) is 0. The highest BCUT2D eigenvalue weighted by atomic mass is 35.5. The Bertz CT molecular complexity index is 1030. The molecule has 3 aromatic rings. The van der Waals surface area contributed by atoms with Crippen LogP contribution in [0.1, 0.15) is 18.4 Å². The second kappa shape index (κ2) is 8.20. The lowest BCUT2D eigenvalue weighted by Crippen LogP contribution is -2.56. The minimum atomic E-state index is 0.0521. The molecule has 0 N–H and O–H groups in total. The molecule has 9 heteroatoms. The zero-order chi connectivity index (χ0) is 20.5. The van der Waals surface area contributed by atoms with Gasteiger partial charge in [0.05, 0.1) is 11.6 Å². The summed E-state index contributed by atoms with van der Waals surface area (Å²) in [5.41, 5.74) is 1.89. The van der Waals surface area contributed by atoms with Crippen molar-refractivity contribution in [2.75, 3.05) is 31.2 Å². The average Bonchev–Trinajstić information content (AvgIpc) is 3.34. The molecule has 1 amide bonds. The van der Waals surface area contributed by atoms with Gasteiger partial charge in [-0.05, 0) is 43.0 Å². The molecule has 8 nitrogen and oxygen atoms in total. The molecule has 156 valence electrons. The number of anilines is 1. The Balaban J connectivity index is 1.13. The minimum absolute atomic E-state index is 0.0521. The number of hydrogen-bond acceptors (Lipinski definition) is 6. The van der Waals surface area contributed by atoms with Gasteiger partial charge in [-0.1, -0.05) is 17.7 Å². The Morgan fingerprint density at radius 1 is 1.17 bits per heavy atom. The van der Waals surface area contributed by atoms with Crippen molar-refractivity contribution in [3.05, 3.63) is 53.6 Å².